The zero-order valence-corrected chi connectivity index (χ0v) is 22.3. The van der Waals surface area contributed by atoms with Crippen molar-refractivity contribution in [3.8, 4) is 17.2 Å². The molecule has 0 bridgehead atoms. The van der Waals surface area contributed by atoms with Gasteiger partial charge in [0, 0.05) is 12.1 Å². The molecule has 0 radical (unpaired) electrons. The van der Waals surface area contributed by atoms with Gasteiger partial charge >= 0.3 is 6.09 Å². The number of amides is 1. The summed E-state index contributed by atoms with van der Waals surface area (Å²) in [7, 11) is 3.24. The number of hydrogen-bond acceptors (Lipinski definition) is 9. The number of aromatic nitrogens is 4. The lowest BCUT2D eigenvalue weighted by Crippen LogP contribution is -2.42. The molecular weight excluding hydrogens is 492 g/mol. The number of hydrogen-bond donors (Lipinski definition) is 2. The van der Waals surface area contributed by atoms with Crippen LogP contribution in [-0.2, 0) is 13.0 Å². The number of ether oxygens (including phenoxy) is 3. The minimum Gasteiger partial charge on any atom is -0.497 e. The van der Waals surface area contributed by atoms with Crippen LogP contribution in [0, 0.1) is 0 Å². The third kappa shape index (κ3) is 6.42. The second-order valence-electron chi connectivity index (χ2n) is 9.25. The van der Waals surface area contributed by atoms with Crippen LogP contribution in [0.2, 0.25) is 0 Å². The van der Waals surface area contributed by atoms with Crippen LogP contribution in [0.1, 0.15) is 26.3 Å². The second kappa shape index (κ2) is 11.0. The number of fused-ring (bicyclic) bond motifs is 1. The summed E-state index contributed by atoms with van der Waals surface area (Å²) in [6, 6.07) is 13.0. The van der Waals surface area contributed by atoms with Crippen molar-refractivity contribution in [1.29, 1.82) is 0 Å². The van der Waals surface area contributed by atoms with Crippen molar-refractivity contribution < 1.29 is 19.0 Å². The summed E-state index contributed by atoms with van der Waals surface area (Å²) >= 11 is 1.44. The van der Waals surface area contributed by atoms with Gasteiger partial charge in [0.25, 0.3) is 0 Å². The van der Waals surface area contributed by atoms with Crippen molar-refractivity contribution in [3.05, 3.63) is 54.4 Å². The van der Waals surface area contributed by atoms with Gasteiger partial charge in [-0.1, -0.05) is 12.1 Å². The number of carbonyl (C=O) groups is 1. The van der Waals surface area contributed by atoms with E-state index in [1.807, 2.05) is 55.7 Å². The Kier molecular flexibility index (Phi) is 7.72. The van der Waals surface area contributed by atoms with Crippen LogP contribution in [-0.4, -0.2) is 45.4 Å². The molecule has 10 nitrogen and oxygen atoms in total. The second-order valence-corrected chi connectivity index (χ2v) is 10.3. The molecule has 2 aromatic heterocycles. The number of methoxy groups -OCH3 is 2. The molecule has 3 N–H and O–H groups in total. The van der Waals surface area contributed by atoms with Crippen LogP contribution in [0.5, 0.6) is 17.2 Å². The lowest BCUT2D eigenvalue weighted by atomic mass is 10.1. The minimum atomic E-state index is -0.489. The van der Waals surface area contributed by atoms with Gasteiger partial charge in [0.1, 0.15) is 23.6 Å². The fourth-order valence-corrected chi connectivity index (χ4v) is 4.63. The van der Waals surface area contributed by atoms with Crippen LogP contribution >= 0.6 is 11.8 Å². The van der Waals surface area contributed by atoms with Gasteiger partial charge in [-0.05, 0) is 74.8 Å². The molecule has 0 aliphatic rings. The van der Waals surface area contributed by atoms with Gasteiger partial charge in [-0.3, -0.25) is 0 Å². The number of carbonyl (C=O) groups excluding carboxylic acids is 1. The lowest BCUT2D eigenvalue weighted by molar-refractivity contribution is 0.190. The normalized spacial score (nSPS) is 11.4. The van der Waals surface area contributed by atoms with E-state index in [1.54, 1.807) is 26.4 Å². The summed E-state index contributed by atoms with van der Waals surface area (Å²) in [6.45, 7) is 6.28. The van der Waals surface area contributed by atoms with Crippen LogP contribution in [0.25, 0.3) is 11.2 Å². The van der Waals surface area contributed by atoms with Crippen molar-refractivity contribution in [2.75, 3.05) is 20.0 Å². The highest BCUT2D eigenvalue weighted by Gasteiger charge is 2.19. The Morgan fingerprint density at radius 2 is 1.78 bits per heavy atom. The van der Waals surface area contributed by atoms with Gasteiger partial charge in [0.2, 0.25) is 0 Å². The molecule has 1 amide bonds. The SMILES string of the molecule is COc1ccc(OC)c(Sc2nc3c(N)ncnc3n2CCc2ccc(OC(=O)NC(C)(C)C)cc2)c1. The van der Waals surface area contributed by atoms with Gasteiger partial charge in [-0.15, -0.1) is 0 Å². The maximum absolute atomic E-state index is 12.0. The Labute approximate surface area is 219 Å². The Morgan fingerprint density at radius 3 is 2.46 bits per heavy atom. The van der Waals surface area contributed by atoms with Crippen molar-refractivity contribution >= 4 is 34.8 Å². The van der Waals surface area contributed by atoms with Crippen molar-refractivity contribution in [3.63, 3.8) is 0 Å². The molecule has 0 aliphatic heterocycles. The largest absolute Gasteiger partial charge is 0.497 e. The predicted octanol–water partition coefficient (Wildman–Crippen LogP) is 4.71. The van der Waals surface area contributed by atoms with Gasteiger partial charge in [-0.2, -0.15) is 0 Å². The molecular formula is C26H30N6O4S. The topological polar surface area (TPSA) is 126 Å². The number of nitrogens with two attached hydrogens (primary N) is 1. The maximum atomic E-state index is 12.0. The molecule has 0 unspecified atom stereocenters. The van der Waals surface area contributed by atoms with E-state index in [-0.39, 0.29) is 5.54 Å². The van der Waals surface area contributed by atoms with Gasteiger partial charge in [0.15, 0.2) is 22.1 Å². The first-order valence-corrected chi connectivity index (χ1v) is 12.4. The molecule has 11 heteroatoms. The van der Waals surface area contributed by atoms with Crippen molar-refractivity contribution in [1.82, 2.24) is 24.8 Å². The number of nitrogens with zero attached hydrogens (tertiary/aromatic N) is 4. The fourth-order valence-electron chi connectivity index (χ4n) is 3.58. The highest BCUT2D eigenvalue weighted by atomic mass is 32.2. The molecule has 0 atom stereocenters. The van der Waals surface area contributed by atoms with Gasteiger partial charge in [0.05, 0.1) is 19.1 Å². The predicted molar refractivity (Wildman–Crippen MR) is 142 cm³/mol. The van der Waals surface area contributed by atoms with Gasteiger partial charge < -0.3 is 29.8 Å². The summed E-state index contributed by atoms with van der Waals surface area (Å²) in [5.41, 5.74) is 7.98. The number of rotatable bonds is 8. The highest BCUT2D eigenvalue weighted by Crippen LogP contribution is 2.38. The quantitative estimate of drug-likeness (QED) is 0.338. The molecule has 194 valence electrons. The smallest absolute Gasteiger partial charge is 0.413 e. The van der Waals surface area contributed by atoms with E-state index >= 15 is 0 Å². The summed E-state index contributed by atoms with van der Waals surface area (Å²) in [4.78, 5) is 26.2. The molecule has 0 saturated carbocycles. The van der Waals surface area contributed by atoms with E-state index in [9.17, 15) is 4.79 Å². The minimum absolute atomic E-state index is 0.318. The third-order valence-electron chi connectivity index (χ3n) is 5.33. The average molecular weight is 523 g/mol. The van der Waals surface area contributed by atoms with Crippen LogP contribution < -0.4 is 25.3 Å². The molecule has 37 heavy (non-hydrogen) atoms. The van der Waals surface area contributed by atoms with Gasteiger partial charge in [-0.25, -0.2) is 19.7 Å². The molecule has 2 heterocycles. The van der Waals surface area contributed by atoms with E-state index in [1.165, 1.54) is 18.1 Å². The maximum Gasteiger partial charge on any atom is 0.413 e. The first-order valence-electron chi connectivity index (χ1n) is 11.6. The number of aryl methyl sites for hydroxylation is 2. The van der Waals surface area contributed by atoms with E-state index in [0.717, 1.165) is 10.5 Å². The summed E-state index contributed by atoms with van der Waals surface area (Å²) < 4.78 is 18.3. The fraction of sp³-hybridized carbons (Fsp3) is 0.308. The standard InChI is InChI=1S/C26H30N6O4S/c1-26(2,3)31-25(33)36-17-8-6-16(7-9-17)12-13-32-23-21(22(27)28-15-29-23)30-24(32)37-20-14-18(34-4)10-11-19(20)35-5/h6-11,14-15H,12-13H2,1-5H3,(H,31,33)(H2,27,28,29). The van der Waals surface area contributed by atoms with Crippen LogP contribution in [0.15, 0.2) is 58.8 Å². The van der Waals surface area contributed by atoms with E-state index in [4.69, 9.17) is 24.9 Å². The monoisotopic (exact) mass is 522 g/mol. The van der Waals surface area contributed by atoms with Crippen LogP contribution in [0.4, 0.5) is 10.6 Å². The lowest BCUT2D eigenvalue weighted by Gasteiger charge is -2.19. The Balaban J connectivity index is 1.56. The van der Waals surface area contributed by atoms with E-state index in [0.29, 0.717) is 52.4 Å². The molecule has 2 aromatic carbocycles. The summed E-state index contributed by atoms with van der Waals surface area (Å²) in [5, 5.41) is 3.48. The number of benzene rings is 2. The average Bonchev–Trinajstić information content (AvgIpc) is 3.20. The molecule has 0 aliphatic carbocycles. The number of imidazole rings is 1. The molecule has 0 fully saturated rings. The molecule has 0 saturated heterocycles. The molecule has 4 aromatic rings. The Hall–Kier alpha value is -3.99. The van der Waals surface area contributed by atoms with Crippen molar-refractivity contribution in [2.24, 2.45) is 0 Å². The van der Waals surface area contributed by atoms with Crippen LogP contribution in [0.3, 0.4) is 0 Å². The number of nitrogen functional groups attached to an aromatic ring is 1. The van der Waals surface area contributed by atoms with Crippen molar-refractivity contribution in [2.45, 2.75) is 49.3 Å². The summed E-state index contributed by atoms with van der Waals surface area (Å²) in [5.74, 6) is 2.21. The van der Waals surface area contributed by atoms with E-state index < -0.39 is 6.09 Å². The molecule has 0 spiro atoms. The first-order chi connectivity index (χ1) is 17.7. The Bertz CT molecular complexity index is 1400. The zero-order chi connectivity index (χ0) is 26.6. The first kappa shape index (κ1) is 26.1. The third-order valence-corrected chi connectivity index (χ3v) is 6.37. The molecule has 4 rings (SSSR count). The van der Waals surface area contributed by atoms with E-state index in [2.05, 4.69) is 15.3 Å². The highest BCUT2D eigenvalue weighted by molar-refractivity contribution is 7.99. The number of anilines is 1. The number of nitrogens with one attached hydrogen (secondary N) is 1. The Morgan fingerprint density at radius 1 is 1.05 bits per heavy atom. The summed E-state index contributed by atoms with van der Waals surface area (Å²) in [6.07, 6.45) is 1.63. The zero-order valence-electron chi connectivity index (χ0n) is 21.4.